The van der Waals surface area contributed by atoms with Gasteiger partial charge in [-0.15, -0.1) is 17.8 Å². The molecule has 0 N–H and O–H groups in total. The van der Waals surface area contributed by atoms with Crippen molar-refractivity contribution < 1.29 is 37.2 Å². The number of benzene rings is 1. The highest BCUT2D eigenvalue weighted by atomic mass is 16.6. The minimum Gasteiger partial charge on any atom is -0.400 e. The molecule has 0 atom stereocenters. The second-order valence-corrected chi connectivity index (χ2v) is 17.9. The Labute approximate surface area is 398 Å². The molecule has 12 heteroatoms. The summed E-state index contributed by atoms with van der Waals surface area (Å²) in [4.78, 5) is 0. The van der Waals surface area contributed by atoms with Gasteiger partial charge < -0.3 is 37.2 Å². The SMILES string of the molecule is CC(C)OB(C#CC(C)(C)C)OC(C)C.CC(C)OB(C#Cc1ccccc1)OC(C)C.CCCCC#CB(OC(C)C)OC(C)C.CCCCC#CB(OCCCC)OCCCC. The summed E-state index contributed by atoms with van der Waals surface area (Å²) in [7, 11) is -1.56. The van der Waals surface area contributed by atoms with Gasteiger partial charge in [0, 0.05) is 73.7 Å². The van der Waals surface area contributed by atoms with Crippen LogP contribution in [0.15, 0.2) is 30.3 Å². The molecule has 0 fully saturated rings. The highest BCUT2D eigenvalue weighted by Crippen LogP contribution is 2.11. The molecule has 1 aromatic rings. The highest BCUT2D eigenvalue weighted by molar-refractivity contribution is 6.55. The molecule has 64 heavy (non-hydrogen) atoms. The van der Waals surface area contributed by atoms with E-state index in [-0.39, 0.29) is 56.3 Å². The normalized spacial score (nSPS) is 10.5. The van der Waals surface area contributed by atoms with Crippen molar-refractivity contribution in [2.24, 2.45) is 5.41 Å². The van der Waals surface area contributed by atoms with Crippen LogP contribution in [0.5, 0.6) is 0 Å². The first-order valence-electron chi connectivity index (χ1n) is 24.4. The van der Waals surface area contributed by atoms with E-state index < -0.39 is 14.2 Å². The fourth-order valence-electron chi connectivity index (χ4n) is 4.36. The lowest BCUT2D eigenvalue weighted by Gasteiger charge is -2.16. The Morgan fingerprint density at radius 1 is 0.438 bits per heavy atom. The van der Waals surface area contributed by atoms with Crippen molar-refractivity contribution >= 4 is 28.5 Å². The Bertz CT molecular complexity index is 1410. The molecular weight excluding hydrogens is 796 g/mol. The Morgan fingerprint density at radius 3 is 1.09 bits per heavy atom. The Balaban J connectivity index is -0.000000777. The summed E-state index contributed by atoms with van der Waals surface area (Å²) in [6.45, 7) is 40.1. The third-order valence-corrected chi connectivity index (χ3v) is 7.33. The molecule has 0 amide bonds. The lowest BCUT2D eigenvalue weighted by molar-refractivity contribution is 0.139. The maximum Gasteiger partial charge on any atom is 0.550 e. The Morgan fingerprint density at radius 2 is 0.766 bits per heavy atom. The van der Waals surface area contributed by atoms with Crippen LogP contribution in [0.2, 0.25) is 0 Å². The minimum atomic E-state index is -0.463. The molecule has 0 spiro atoms. The molecule has 0 unspecified atom stereocenters. The molecule has 0 aliphatic rings. The third-order valence-electron chi connectivity index (χ3n) is 7.33. The minimum absolute atomic E-state index is 0.0150. The van der Waals surface area contributed by atoms with Crippen molar-refractivity contribution in [1.29, 1.82) is 0 Å². The summed E-state index contributed by atoms with van der Waals surface area (Å²) in [6, 6.07) is 9.83. The molecule has 0 aromatic heterocycles. The largest absolute Gasteiger partial charge is 0.550 e. The van der Waals surface area contributed by atoms with Crippen molar-refractivity contribution in [3.8, 4) is 47.0 Å². The van der Waals surface area contributed by atoms with Crippen molar-refractivity contribution in [2.75, 3.05) is 13.2 Å². The molecule has 0 bridgehead atoms. The molecule has 360 valence electrons. The van der Waals surface area contributed by atoms with Crippen molar-refractivity contribution in [1.82, 2.24) is 0 Å². The molecule has 8 nitrogen and oxygen atoms in total. The molecule has 0 heterocycles. The number of hydrogen-bond donors (Lipinski definition) is 0. The van der Waals surface area contributed by atoms with E-state index in [1.54, 1.807) is 0 Å². The monoisotopic (exact) mass is 889 g/mol. The Hall–Kier alpha value is -2.60. The van der Waals surface area contributed by atoms with E-state index in [4.69, 9.17) is 37.2 Å². The summed E-state index contributed by atoms with van der Waals surface area (Å²) in [5.41, 5.74) is 0.955. The van der Waals surface area contributed by atoms with E-state index in [9.17, 15) is 0 Å². The van der Waals surface area contributed by atoms with Gasteiger partial charge in [0.25, 0.3) is 0 Å². The van der Waals surface area contributed by atoms with Crippen LogP contribution in [0, 0.1) is 52.4 Å². The van der Waals surface area contributed by atoms with Crippen LogP contribution in [-0.4, -0.2) is 78.3 Å². The zero-order valence-electron chi connectivity index (χ0n) is 44.4. The molecule has 0 aliphatic carbocycles. The summed E-state index contributed by atoms with van der Waals surface area (Å²) < 4.78 is 44.6. The molecular formula is C52H92B4O8. The second kappa shape index (κ2) is 44.2. The van der Waals surface area contributed by atoms with Crippen LogP contribution in [0.4, 0.5) is 0 Å². The highest BCUT2D eigenvalue weighted by Gasteiger charge is 2.21. The maximum atomic E-state index is 5.61. The van der Waals surface area contributed by atoms with Gasteiger partial charge in [0.05, 0.1) is 0 Å². The van der Waals surface area contributed by atoms with Gasteiger partial charge in [0.15, 0.2) is 0 Å². The topological polar surface area (TPSA) is 73.8 Å². The van der Waals surface area contributed by atoms with Crippen LogP contribution in [0.1, 0.15) is 201 Å². The first kappa shape index (κ1) is 65.7. The van der Waals surface area contributed by atoms with E-state index in [2.05, 4.69) is 95.4 Å². The predicted molar refractivity (Wildman–Crippen MR) is 277 cm³/mol. The average Bonchev–Trinajstić information content (AvgIpc) is 3.19. The van der Waals surface area contributed by atoms with Gasteiger partial charge in [-0.05, 0) is 142 Å². The van der Waals surface area contributed by atoms with E-state index in [1.165, 1.54) is 12.8 Å². The van der Waals surface area contributed by atoms with E-state index in [0.717, 1.165) is 70.1 Å². The van der Waals surface area contributed by atoms with Gasteiger partial charge in [-0.1, -0.05) is 101 Å². The molecule has 0 saturated heterocycles. The Kier molecular flexibility index (Phi) is 45.4. The van der Waals surface area contributed by atoms with Crippen LogP contribution < -0.4 is 0 Å². The second-order valence-electron chi connectivity index (χ2n) is 17.9. The van der Waals surface area contributed by atoms with Crippen LogP contribution in [0.3, 0.4) is 0 Å². The fraction of sp³-hybridized carbons (Fsp3) is 0.731. The first-order chi connectivity index (χ1) is 30.2. The van der Waals surface area contributed by atoms with Gasteiger partial charge in [-0.3, -0.25) is 0 Å². The van der Waals surface area contributed by atoms with Gasteiger partial charge >= 0.3 is 28.5 Å². The number of rotatable bonds is 24. The summed E-state index contributed by atoms with van der Waals surface area (Å²) in [5.74, 6) is 24.6. The van der Waals surface area contributed by atoms with Gasteiger partial charge in [0.1, 0.15) is 0 Å². The molecule has 0 saturated carbocycles. The lowest BCUT2D eigenvalue weighted by atomic mass is 9.86. The quantitative estimate of drug-likeness (QED) is 0.0577. The first-order valence-corrected chi connectivity index (χ1v) is 24.4. The molecule has 0 radical (unpaired) electrons. The van der Waals surface area contributed by atoms with Crippen LogP contribution in [-0.2, 0) is 37.2 Å². The fourth-order valence-corrected chi connectivity index (χ4v) is 4.36. The number of hydrogen-bond acceptors (Lipinski definition) is 8. The lowest BCUT2D eigenvalue weighted by Crippen LogP contribution is -2.28. The zero-order chi connectivity index (χ0) is 49.2. The van der Waals surface area contributed by atoms with E-state index in [0.29, 0.717) is 0 Å². The van der Waals surface area contributed by atoms with Gasteiger partial charge in [-0.2, -0.15) is 0 Å². The van der Waals surface area contributed by atoms with Crippen LogP contribution in [0.25, 0.3) is 0 Å². The standard InChI is InChI=1S/C14H19BO2.C14H27BO2.2C12H23BO2/c1-12(2)16-15(17-13(3)4)11-10-14-8-6-5-7-9-14;1-4-7-10-11-12-15(16-13-8-5-2)17-14-9-6-3;1-10(2)14-13(15-11(3)4)9-8-12(5,6)7;1-6-7-8-9-10-13(14-11(2)3)15-12(4)5/h5-9,12-13H,1-4H3;4-10,13-14H2,1-3H3;10-11H,1-7H3;11-12H,6-8H2,1-5H3. The van der Waals surface area contributed by atoms with Crippen LogP contribution >= 0.6 is 0 Å². The van der Waals surface area contributed by atoms with E-state index >= 15 is 0 Å². The zero-order valence-corrected chi connectivity index (χ0v) is 44.4. The third kappa shape index (κ3) is 52.0. The summed E-state index contributed by atoms with van der Waals surface area (Å²) >= 11 is 0. The molecule has 1 aromatic carbocycles. The molecule has 0 aliphatic heterocycles. The number of unbranched alkanes of at least 4 members (excludes halogenated alkanes) is 6. The molecule has 1 rings (SSSR count). The van der Waals surface area contributed by atoms with Crippen molar-refractivity contribution in [3.63, 3.8) is 0 Å². The smallest absolute Gasteiger partial charge is 0.400 e. The van der Waals surface area contributed by atoms with Crippen molar-refractivity contribution in [2.45, 2.75) is 232 Å². The average molecular weight is 889 g/mol. The summed E-state index contributed by atoms with van der Waals surface area (Å²) in [5, 5.41) is 0. The van der Waals surface area contributed by atoms with Crippen molar-refractivity contribution in [3.05, 3.63) is 35.9 Å². The predicted octanol–water partition coefficient (Wildman–Crippen LogP) is 12.7. The van der Waals surface area contributed by atoms with E-state index in [1.807, 2.05) is 113 Å². The van der Waals surface area contributed by atoms with Gasteiger partial charge in [0.2, 0.25) is 0 Å². The summed E-state index contributed by atoms with van der Waals surface area (Å²) in [6.07, 6.45) is 11.7. The maximum absolute atomic E-state index is 5.61. The van der Waals surface area contributed by atoms with Gasteiger partial charge in [-0.25, -0.2) is 0 Å².